The lowest BCUT2D eigenvalue weighted by Gasteiger charge is -2.78. The number of esters is 4. The molecule has 4 aliphatic heterocycles. The van der Waals surface area contributed by atoms with Crippen LogP contribution in [0.25, 0.3) is 0 Å². The van der Waals surface area contributed by atoms with Crippen LogP contribution in [0.5, 0.6) is 0 Å². The first-order valence-corrected chi connectivity index (χ1v) is 15.9. The molecular formula is C32H36O15. The Kier molecular flexibility index (Phi) is 5.23. The summed E-state index contributed by atoms with van der Waals surface area (Å²) in [6.45, 7) is 6.71. The fourth-order valence-electron chi connectivity index (χ4n) is 12.6. The topological polar surface area (TPSA) is 207 Å². The molecule has 0 aromatic carbocycles. The lowest BCUT2D eigenvalue weighted by atomic mass is 9.32. The van der Waals surface area contributed by atoms with Gasteiger partial charge >= 0.3 is 23.9 Å². The lowest BCUT2D eigenvalue weighted by Crippen LogP contribution is -2.98. The van der Waals surface area contributed by atoms with Crippen molar-refractivity contribution in [1.29, 1.82) is 0 Å². The SMILES string of the molecule is CC(=O)OC1C(OC(C)=O)C23OC4(C)OC2(C2CC(=O)OC(c5ccoc5)C12C)C(O)C1(O)C(O)C2(C)CC1(O4)C31COC(=O)CC21. The average molecular weight is 661 g/mol. The second kappa shape index (κ2) is 8.20. The van der Waals surface area contributed by atoms with E-state index in [1.807, 2.05) is 0 Å². The molecule has 5 heterocycles. The van der Waals surface area contributed by atoms with E-state index in [4.69, 9.17) is 37.6 Å². The Morgan fingerprint density at radius 3 is 2.26 bits per heavy atom. The van der Waals surface area contributed by atoms with Gasteiger partial charge in [0.2, 0.25) is 0 Å². The highest BCUT2D eigenvalue weighted by Gasteiger charge is 3.06. The normalized spacial score (nSPS) is 57.4. The standard InChI is InChI=1S/C32H36O15/c1-13(33)42-21-22(43-14(2)34)32-28-12-41-18(35)8-16(28)25(3)11-29(28)30(39,23(25)37)24(38)31(32,46-27(5,45-29)47-32)17-9-19(36)44-20(26(17,21)4)15-6-7-40-10-15/h6-7,10,16-17,20-24,37-39H,8-9,11-12H2,1-5H3. The van der Waals surface area contributed by atoms with Crippen LogP contribution in [0.15, 0.2) is 23.0 Å². The molecule has 4 saturated carbocycles. The molecule has 9 rings (SSSR count). The number of fused-ring (bicyclic) bond motifs is 4. The summed E-state index contributed by atoms with van der Waals surface area (Å²) in [5.41, 5.74) is -12.8. The number of carbonyl (C=O) groups is 4. The number of rotatable bonds is 3. The van der Waals surface area contributed by atoms with Crippen LogP contribution in [-0.4, -0.2) is 98.6 Å². The highest BCUT2D eigenvalue weighted by Crippen LogP contribution is 2.89. The third kappa shape index (κ3) is 2.67. The molecule has 3 spiro atoms. The number of carbonyl (C=O) groups excluding carboxylic acids is 4. The maximum atomic E-state index is 13.7. The molecule has 0 amide bonds. The van der Waals surface area contributed by atoms with E-state index in [9.17, 15) is 34.5 Å². The van der Waals surface area contributed by atoms with E-state index >= 15 is 0 Å². The Balaban J connectivity index is 1.44. The first kappa shape index (κ1) is 30.0. The van der Waals surface area contributed by atoms with Crippen LogP contribution in [0.2, 0.25) is 0 Å². The number of cyclic esters (lactones) is 2. The summed E-state index contributed by atoms with van der Waals surface area (Å²) >= 11 is 0. The summed E-state index contributed by atoms with van der Waals surface area (Å²) in [5.74, 6) is -6.96. The van der Waals surface area contributed by atoms with Gasteiger partial charge in [0.25, 0.3) is 5.97 Å². The fourth-order valence-corrected chi connectivity index (χ4v) is 12.6. The van der Waals surface area contributed by atoms with Crippen LogP contribution in [0.4, 0.5) is 0 Å². The van der Waals surface area contributed by atoms with Crippen molar-refractivity contribution in [3.8, 4) is 0 Å². The van der Waals surface area contributed by atoms with E-state index in [2.05, 4.69) is 0 Å². The summed E-state index contributed by atoms with van der Waals surface area (Å²) in [4.78, 5) is 53.0. The average Bonchev–Trinajstić information content (AvgIpc) is 3.69. The van der Waals surface area contributed by atoms with Crippen LogP contribution in [0.3, 0.4) is 0 Å². The molecule has 47 heavy (non-hydrogen) atoms. The van der Waals surface area contributed by atoms with Gasteiger partial charge in [-0.3, -0.25) is 19.2 Å². The van der Waals surface area contributed by atoms with Gasteiger partial charge in [0.15, 0.2) is 17.8 Å². The van der Waals surface area contributed by atoms with Crippen LogP contribution in [0, 0.1) is 28.1 Å². The molecule has 15 unspecified atom stereocenters. The van der Waals surface area contributed by atoms with Crippen molar-refractivity contribution in [3.05, 3.63) is 24.2 Å². The van der Waals surface area contributed by atoms with Crippen molar-refractivity contribution in [2.24, 2.45) is 28.1 Å². The molecule has 8 aliphatic rings. The Labute approximate surface area is 267 Å². The monoisotopic (exact) mass is 660 g/mol. The lowest BCUT2D eigenvalue weighted by molar-refractivity contribution is -0.499. The second-order valence-corrected chi connectivity index (χ2v) is 15.3. The van der Waals surface area contributed by atoms with Gasteiger partial charge in [0.05, 0.1) is 35.9 Å². The van der Waals surface area contributed by atoms with Gasteiger partial charge in [-0.05, 0) is 18.4 Å². The van der Waals surface area contributed by atoms with E-state index < -0.39 is 124 Å². The predicted molar refractivity (Wildman–Crippen MR) is 146 cm³/mol. The minimum Gasteiger partial charge on any atom is -0.472 e. The molecule has 15 heteroatoms. The Morgan fingerprint density at radius 2 is 1.60 bits per heavy atom. The molecule has 4 saturated heterocycles. The Hall–Kier alpha value is -3.08. The zero-order valence-electron chi connectivity index (χ0n) is 26.3. The third-order valence-electron chi connectivity index (χ3n) is 13.6. The molecule has 1 aromatic rings. The summed E-state index contributed by atoms with van der Waals surface area (Å²) in [7, 11) is 0. The van der Waals surface area contributed by atoms with Gasteiger partial charge in [-0.25, -0.2) is 0 Å². The van der Waals surface area contributed by atoms with E-state index in [1.54, 1.807) is 19.9 Å². The number of furan rings is 1. The zero-order valence-corrected chi connectivity index (χ0v) is 26.3. The van der Waals surface area contributed by atoms with Crippen LogP contribution < -0.4 is 0 Å². The van der Waals surface area contributed by atoms with Crippen molar-refractivity contribution >= 4 is 23.9 Å². The maximum absolute atomic E-state index is 13.7. The molecule has 15 atom stereocenters. The Bertz CT molecular complexity index is 1660. The third-order valence-corrected chi connectivity index (χ3v) is 13.6. The second-order valence-electron chi connectivity index (χ2n) is 15.3. The van der Waals surface area contributed by atoms with Crippen LogP contribution >= 0.6 is 0 Å². The molecule has 8 fully saturated rings. The smallest absolute Gasteiger partial charge is 0.306 e. The van der Waals surface area contributed by atoms with E-state index in [0.717, 1.165) is 6.92 Å². The molecule has 0 radical (unpaired) electrons. The molecule has 15 nitrogen and oxygen atoms in total. The van der Waals surface area contributed by atoms with Gasteiger partial charge < -0.3 is 52.9 Å². The van der Waals surface area contributed by atoms with Crippen molar-refractivity contribution in [2.45, 2.75) is 113 Å². The largest absolute Gasteiger partial charge is 0.472 e. The summed E-state index contributed by atoms with van der Waals surface area (Å²) in [5, 5.41) is 38.1. The number of hydrogen-bond donors (Lipinski definition) is 3. The highest BCUT2D eigenvalue weighted by atomic mass is 16.9. The number of aliphatic hydroxyl groups is 3. The van der Waals surface area contributed by atoms with Gasteiger partial charge in [0.1, 0.15) is 35.6 Å². The highest BCUT2D eigenvalue weighted by molar-refractivity contribution is 5.75. The Morgan fingerprint density at radius 1 is 0.915 bits per heavy atom. The predicted octanol–water partition coefficient (Wildman–Crippen LogP) is 0.174. The van der Waals surface area contributed by atoms with Crippen LogP contribution in [0.1, 0.15) is 65.5 Å². The number of aliphatic hydroxyl groups excluding tert-OH is 2. The quantitative estimate of drug-likeness (QED) is 0.292. The zero-order chi connectivity index (χ0) is 33.5. The van der Waals surface area contributed by atoms with Gasteiger partial charge in [-0.1, -0.05) is 13.8 Å². The summed E-state index contributed by atoms with van der Waals surface area (Å²) in [6.07, 6.45) is -5.95. The molecule has 3 N–H and O–H groups in total. The van der Waals surface area contributed by atoms with E-state index in [1.165, 1.54) is 26.4 Å². The summed E-state index contributed by atoms with van der Waals surface area (Å²) < 4.78 is 50.0. The van der Waals surface area contributed by atoms with Gasteiger partial charge in [-0.15, -0.1) is 0 Å². The molecule has 4 aliphatic carbocycles. The first-order chi connectivity index (χ1) is 22.0. The van der Waals surface area contributed by atoms with Crippen LogP contribution in [-0.2, 0) is 52.3 Å². The van der Waals surface area contributed by atoms with Crippen molar-refractivity contribution < 1.29 is 72.1 Å². The number of hydrogen-bond acceptors (Lipinski definition) is 15. The first-order valence-electron chi connectivity index (χ1n) is 15.9. The number of ether oxygens (including phenoxy) is 7. The van der Waals surface area contributed by atoms with Crippen molar-refractivity contribution in [2.75, 3.05) is 6.61 Å². The van der Waals surface area contributed by atoms with E-state index in [-0.39, 0.29) is 12.8 Å². The summed E-state index contributed by atoms with van der Waals surface area (Å²) in [6, 6.07) is 1.57. The molecular weight excluding hydrogens is 624 g/mol. The molecule has 1 aromatic heterocycles. The van der Waals surface area contributed by atoms with Gasteiger partial charge in [-0.2, -0.15) is 0 Å². The van der Waals surface area contributed by atoms with Gasteiger partial charge in [0, 0.05) is 44.1 Å². The minimum absolute atomic E-state index is 0.0528. The van der Waals surface area contributed by atoms with Crippen molar-refractivity contribution in [1.82, 2.24) is 0 Å². The maximum Gasteiger partial charge on any atom is 0.306 e. The molecule has 4 bridgehead atoms. The van der Waals surface area contributed by atoms with E-state index in [0.29, 0.717) is 5.56 Å². The minimum atomic E-state index is -2.46. The molecule has 254 valence electrons. The van der Waals surface area contributed by atoms with Crippen molar-refractivity contribution in [3.63, 3.8) is 0 Å². The fraction of sp³-hybridized carbons (Fsp3) is 0.750.